The van der Waals surface area contributed by atoms with Crippen LogP contribution in [0.15, 0.2) is 77.9 Å². The lowest BCUT2D eigenvalue weighted by molar-refractivity contribution is -0.146. The van der Waals surface area contributed by atoms with E-state index in [2.05, 4.69) is 15.3 Å². The third kappa shape index (κ3) is 5.63. The molecule has 4 heterocycles. The summed E-state index contributed by atoms with van der Waals surface area (Å²) in [6.07, 6.45) is 3.28. The number of carbonyl (C=O) groups is 2. The number of aromatic nitrogens is 5. The van der Waals surface area contributed by atoms with Crippen LogP contribution in [0.4, 0.5) is 17.3 Å². The molecule has 0 unspecified atom stereocenters. The second-order valence-corrected chi connectivity index (χ2v) is 11.1. The monoisotopic (exact) mass is 624 g/mol. The van der Waals surface area contributed by atoms with Gasteiger partial charge in [-0.25, -0.2) is 19.6 Å². The molecule has 2 aromatic carbocycles. The number of anilines is 3. The van der Waals surface area contributed by atoms with Crippen LogP contribution in [0.25, 0.3) is 28.2 Å². The standard InChI is InChI=1S/C32H29ClN8O4/c1-18-27(31(43)41(39(18)2)24-6-4-5-22(33)14-24)30(42)37-23-9-7-19(8-10-23)28-29(34)36-15-25(38-28)20-11-12-35-26(13-20)40-16-21(17-40)32(44)45-3/h4-15,21H,16-17H2,1-3H3,(H2,34,36)(H,37,42). The highest BCUT2D eigenvalue weighted by Gasteiger charge is 2.34. The molecule has 6 rings (SSSR count). The van der Waals surface area contributed by atoms with Crippen LogP contribution in [0.1, 0.15) is 16.1 Å². The van der Waals surface area contributed by atoms with Crippen molar-refractivity contribution < 1.29 is 14.3 Å². The average molecular weight is 625 g/mol. The van der Waals surface area contributed by atoms with E-state index >= 15 is 0 Å². The number of nitrogen functional groups attached to an aromatic ring is 1. The van der Waals surface area contributed by atoms with Gasteiger partial charge in [0, 0.05) is 48.2 Å². The lowest BCUT2D eigenvalue weighted by atomic mass is 10.0. The number of amides is 1. The highest BCUT2D eigenvalue weighted by atomic mass is 35.5. The van der Waals surface area contributed by atoms with Crippen LogP contribution in [0, 0.1) is 12.8 Å². The van der Waals surface area contributed by atoms with Crippen molar-refractivity contribution >= 4 is 40.8 Å². The minimum Gasteiger partial charge on any atom is -0.469 e. The van der Waals surface area contributed by atoms with Crippen molar-refractivity contribution in [2.75, 3.05) is 36.1 Å². The number of benzene rings is 2. The SMILES string of the molecule is COC(=O)C1CN(c2cc(-c3cnc(N)c(-c4ccc(NC(=O)c5c(C)n(C)n(-c6cccc(Cl)c6)c5=O)cc4)n3)ccn2)C1. The zero-order valence-corrected chi connectivity index (χ0v) is 25.4. The van der Waals surface area contributed by atoms with E-state index in [0.29, 0.717) is 52.1 Å². The van der Waals surface area contributed by atoms with Crippen molar-refractivity contribution in [1.82, 2.24) is 24.3 Å². The third-order valence-electron chi connectivity index (χ3n) is 7.83. The second-order valence-electron chi connectivity index (χ2n) is 10.6. The van der Waals surface area contributed by atoms with Crippen molar-refractivity contribution in [2.24, 2.45) is 13.0 Å². The van der Waals surface area contributed by atoms with Gasteiger partial charge in [0.2, 0.25) is 0 Å². The smallest absolute Gasteiger partial charge is 0.312 e. The predicted octanol–water partition coefficient (Wildman–Crippen LogP) is 4.10. The number of esters is 1. The summed E-state index contributed by atoms with van der Waals surface area (Å²) in [6, 6.07) is 17.5. The van der Waals surface area contributed by atoms with Crippen molar-refractivity contribution in [3.8, 4) is 28.2 Å². The summed E-state index contributed by atoms with van der Waals surface area (Å²) in [4.78, 5) is 53.9. The molecular weight excluding hydrogens is 596 g/mol. The van der Waals surface area contributed by atoms with Crippen LogP contribution >= 0.6 is 11.6 Å². The normalized spacial score (nSPS) is 12.9. The number of methoxy groups -OCH3 is 1. The van der Waals surface area contributed by atoms with E-state index in [1.165, 1.54) is 11.8 Å². The van der Waals surface area contributed by atoms with Gasteiger partial charge in [0.1, 0.15) is 22.9 Å². The Morgan fingerprint density at radius 2 is 1.80 bits per heavy atom. The maximum Gasteiger partial charge on any atom is 0.312 e. The predicted molar refractivity (Wildman–Crippen MR) is 172 cm³/mol. The summed E-state index contributed by atoms with van der Waals surface area (Å²) in [5.74, 6) is 0.0437. The first kappa shape index (κ1) is 29.6. The summed E-state index contributed by atoms with van der Waals surface area (Å²) in [5, 5.41) is 3.30. The highest BCUT2D eigenvalue weighted by molar-refractivity contribution is 6.30. The number of nitrogens with two attached hydrogens (primary N) is 1. The largest absolute Gasteiger partial charge is 0.469 e. The zero-order valence-electron chi connectivity index (χ0n) is 24.7. The van der Waals surface area contributed by atoms with Crippen molar-refractivity contribution in [3.63, 3.8) is 0 Å². The van der Waals surface area contributed by atoms with Crippen LogP contribution in [0.5, 0.6) is 0 Å². The van der Waals surface area contributed by atoms with E-state index in [1.54, 1.807) is 79.6 Å². The highest BCUT2D eigenvalue weighted by Crippen LogP contribution is 2.30. The van der Waals surface area contributed by atoms with E-state index in [9.17, 15) is 14.4 Å². The maximum absolute atomic E-state index is 13.3. The fraction of sp³-hybridized carbons (Fsp3) is 0.188. The van der Waals surface area contributed by atoms with Gasteiger partial charge in [-0.1, -0.05) is 29.8 Å². The number of pyridine rings is 1. The molecule has 228 valence electrons. The molecule has 5 aromatic rings. The van der Waals surface area contributed by atoms with Crippen LogP contribution in [0.3, 0.4) is 0 Å². The number of nitrogens with one attached hydrogen (secondary N) is 1. The Kier molecular flexibility index (Phi) is 7.81. The van der Waals surface area contributed by atoms with E-state index in [1.807, 2.05) is 17.0 Å². The zero-order chi connectivity index (χ0) is 31.8. The Labute approximate surface area is 263 Å². The summed E-state index contributed by atoms with van der Waals surface area (Å²) >= 11 is 6.13. The molecule has 3 N–H and O–H groups in total. The number of halogens is 1. The Balaban J connectivity index is 1.21. The summed E-state index contributed by atoms with van der Waals surface area (Å²) < 4.78 is 7.85. The van der Waals surface area contributed by atoms with Gasteiger partial charge in [0.05, 0.1) is 36.3 Å². The Bertz CT molecular complexity index is 2000. The third-order valence-corrected chi connectivity index (χ3v) is 8.07. The number of nitrogens with zero attached hydrogens (tertiary/aromatic N) is 6. The van der Waals surface area contributed by atoms with Crippen LogP contribution in [-0.2, 0) is 16.6 Å². The molecule has 13 heteroatoms. The van der Waals surface area contributed by atoms with Crippen LogP contribution in [0.2, 0.25) is 5.02 Å². The average Bonchev–Trinajstić information content (AvgIpc) is 3.24. The van der Waals surface area contributed by atoms with Gasteiger partial charge in [-0.2, -0.15) is 0 Å². The number of hydrogen-bond acceptors (Lipinski definition) is 9. The molecule has 0 atom stereocenters. The Hall–Kier alpha value is -5.49. The fourth-order valence-electron chi connectivity index (χ4n) is 5.26. The number of hydrogen-bond donors (Lipinski definition) is 2. The lowest BCUT2D eigenvalue weighted by Gasteiger charge is -2.38. The van der Waals surface area contributed by atoms with Crippen molar-refractivity contribution in [1.29, 1.82) is 0 Å². The summed E-state index contributed by atoms with van der Waals surface area (Å²) in [7, 11) is 3.10. The molecule has 1 aliphatic rings. The lowest BCUT2D eigenvalue weighted by Crippen LogP contribution is -2.51. The van der Waals surface area contributed by atoms with Gasteiger partial charge < -0.3 is 20.7 Å². The van der Waals surface area contributed by atoms with Gasteiger partial charge >= 0.3 is 5.97 Å². The molecule has 1 amide bonds. The number of rotatable bonds is 7. The first-order chi connectivity index (χ1) is 21.6. The minimum absolute atomic E-state index is 0.0279. The summed E-state index contributed by atoms with van der Waals surface area (Å²) in [5.41, 5.74) is 9.89. The molecule has 0 bridgehead atoms. The maximum atomic E-state index is 13.3. The molecule has 0 aliphatic carbocycles. The van der Waals surface area contributed by atoms with Gasteiger partial charge in [0.25, 0.3) is 11.5 Å². The number of ether oxygens (including phenoxy) is 1. The Morgan fingerprint density at radius 3 is 2.51 bits per heavy atom. The van der Waals surface area contributed by atoms with Crippen molar-refractivity contribution in [2.45, 2.75) is 6.92 Å². The van der Waals surface area contributed by atoms with Gasteiger partial charge in [0.15, 0.2) is 0 Å². The van der Waals surface area contributed by atoms with Crippen LogP contribution < -0.4 is 21.5 Å². The van der Waals surface area contributed by atoms with E-state index in [0.717, 1.165) is 11.4 Å². The molecule has 3 aromatic heterocycles. The topological polar surface area (TPSA) is 150 Å². The van der Waals surface area contributed by atoms with E-state index in [-0.39, 0.29) is 23.3 Å². The second kappa shape index (κ2) is 11.9. The molecule has 1 aliphatic heterocycles. The molecular formula is C32H29ClN8O4. The van der Waals surface area contributed by atoms with E-state index in [4.69, 9.17) is 27.1 Å². The molecule has 1 saturated heterocycles. The van der Waals surface area contributed by atoms with Crippen molar-refractivity contribution in [3.05, 3.63) is 99.7 Å². The first-order valence-electron chi connectivity index (χ1n) is 14.0. The first-order valence-corrected chi connectivity index (χ1v) is 14.4. The van der Waals surface area contributed by atoms with Gasteiger partial charge in [-0.15, -0.1) is 0 Å². The summed E-state index contributed by atoms with van der Waals surface area (Å²) in [6.45, 7) is 2.78. The minimum atomic E-state index is -0.531. The quantitative estimate of drug-likeness (QED) is 0.255. The van der Waals surface area contributed by atoms with Gasteiger partial charge in [-0.3, -0.25) is 19.1 Å². The van der Waals surface area contributed by atoms with E-state index < -0.39 is 11.5 Å². The molecule has 0 saturated carbocycles. The molecule has 45 heavy (non-hydrogen) atoms. The fourth-order valence-corrected chi connectivity index (χ4v) is 5.44. The van der Waals surface area contributed by atoms with Gasteiger partial charge in [-0.05, 0) is 49.4 Å². The van der Waals surface area contributed by atoms with Crippen LogP contribution in [-0.4, -0.2) is 56.4 Å². The Morgan fingerprint density at radius 1 is 1.04 bits per heavy atom. The number of carbonyl (C=O) groups excluding carboxylic acids is 2. The molecule has 1 fully saturated rings. The molecule has 0 radical (unpaired) electrons. The molecule has 0 spiro atoms. The molecule has 12 nitrogen and oxygen atoms in total.